The number of hydrogen-bond acceptors (Lipinski definition) is 2. The number of benzene rings is 3. The summed E-state index contributed by atoms with van der Waals surface area (Å²) in [5, 5.41) is 1.72. The summed E-state index contributed by atoms with van der Waals surface area (Å²) >= 11 is 0. The van der Waals surface area contributed by atoms with Gasteiger partial charge in [-0.3, -0.25) is 4.79 Å². The molecule has 0 aliphatic heterocycles. The second-order valence-corrected chi connectivity index (χ2v) is 6.25. The number of fused-ring (bicyclic) bond motifs is 1. The fourth-order valence-electron chi connectivity index (χ4n) is 2.98. The van der Waals surface area contributed by atoms with Gasteiger partial charge in [-0.15, -0.1) is 0 Å². The molecule has 4 aromatic rings. The van der Waals surface area contributed by atoms with E-state index in [-0.39, 0.29) is 5.56 Å². The van der Waals surface area contributed by atoms with Crippen molar-refractivity contribution in [3.05, 3.63) is 113 Å². The SMILES string of the molecule is O=c1c2ccccc2ccn1Cc1ccc(OCc2ccccc2)cc1. The van der Waals surface area contributed by atoms with Gasteiger partial charge in [0.05, 0.1) is 6.54 Å². The van der Waals surface area contributed by atoms with Crippen molar-refractivity contribution in [3.63, 3.8) is 0 Å². The number of aromatic nitrogens is 1. The van der Waals surface area contributed by atoms with E-state index in [2.05, 4.69) is 0 Å². The summed E-state index contributed by atoms with van der Waals surface area (Å²) in [6.07, 6.45) is 1.85. The zero-order valence-corrected chi connectivity index (χ0v) is 14.3. The smallest absolute Gasteiger partial charge is 0.258 e. The Kier molecular flexibility index (Phi) is 4.52. The molecule has 0 amide bonds. The summed E-state index contributed by atoms with van der Waals surface area (Å²) in [4.78, 5) is 12.6. The number of ether oxygens (including phenoxy) is 1. The van der Waals surface area contributed by atoms with Gasteiger partial charge in [0.2, 0.25) is 0 Å². The van der Waals surface area contributed by atoms with Crippen molar-refractivity contribution >= 4 is 10.8 Å². The van der Waals surface area contributed by atoms with Crippen molar-refractivity contribution in [2.24, 2.45) is 0 Å². The highest BCUT2D eigenvalue weighted by atomic mass is 16.5. The summed E-state index contributed by atoms with van der Waals surface area (Å²) in [5.74, 6) is 0.823. The first-order chi connectivity index (χ1) is 12.8. The van der Waals surface area contributed by atoms with Crippen LogP contribution in [0.3, 0.4) is 0 Å². The second-order valence-electron chi connectivity index (χ2n) is 6.25. The number of hydrogen-bond donors (Lipinski definition) is 0. The standard InChI is InChI=1S/C23H19NO2/c25-23-22-9-5-4-8-20(22)14-15-24(23)16-18-10-12-21(13-11-18)26-17-19-6-2-1-3-7-19/h1-15H,16-17H2. The van der Waals surface area contributed by atoms with Crippen LogP contribution in [0.2, 0.25) is 0 Å². The van der Waals surface area contributed by atoms with Crippen LogP contribution in [0.1, 0.15) is 11.1 Å². The van der Waals surface area contributed by atoms with E-state index in [4.69, 9.17) is 4.74 Å². The third-order valence-electron chi connectivity index (χ3n) is 4.41. The Bertz CT molecular complexity index is 1070. The average Bonchev–Trinajstić information content (AvgIpc) is 2.70. The van der Waals surface area contributed by atoms with Crippen LogP contribution in [0.25, 0.3) is 10.8 Å². The Labute approximate surface area is 152 Å². The van der Waals surface area contributed by atoms with Crippen molar-refractivity contribution in [2.45, 2.75) is 13.2 Å². The van der Waals surface area contributed by atoms with Gasteiger partial charge in [-0.1, -0.05) is 60.7 Å². The molecule has 26 heavy (non-hydrogen) atoms. The molecule has 1 heterocycles. The Balaban J connectivity index is 1.47. The van der Waals surface area contributed by atoms with Gasteiger partial charge in [-0.05, 0) is 40.8 Å². The number of pyridine rings is 1. The Morgan fingerprint density at radius 1 is 0.731 bits per heavy atom. The highest BCUT2D eigenvalue weighted by molar-refractivity contribution is 5.81. The van der Waals surface area contributed by atoms with Crippen LogP contribution in [-0.2, 0) is 13.2 Å². The molecule has 4 rings (SSSR count). The third-order valence-corrected chi connectivity index (χ3v) is 4.41. The van der Waals surface area contributed by atoms with E-state index < -0.39 is 0 Å². The van der Waals surface area contributed by atoms with Crippen LogP contribution in [0, 0.1) is 0 Å². The summed E-state index contributed by atoms with van der Waals surface area (Å²) in [6.45, 7) is 1.09. The summed E-state index contributed by atoms with van der Waals surface area (Å²) in [5.41, 5.74) is 2.24. The lowest BCUT2D eigenvalue weighted by atomic mass is 10.1. The van der Waals surface area contributed by atoms with Crippen LogP contribution in [0.15, 0.2) is 95.9 Å². The van der Waals surface area contributed by atoms with Crippen LogP contribution in [-0.4, -0.2) is 4.57 Å². The van der Waals surface area contributed by atoms with Gasteiger partial charge in [0.1, 0.15) is 12.4 Å². The van der Waals surface area contributed by atoms with Gasteiger partial charge in [-0.2, -0.15) is 0 Å². The van der Waals surface area contributed by atoms with Gasteiger partial charge >= 0.3 is 0 Å². The van der Waals surface area contributed by atoms with E-state index >= 15 is 0 Å². The van der Waals surface area contributed by atoms with Crippen LogP contribution in [0.4, 0.5) is 0 Å². The molecule has 0 unspecified atom stereocenters. The zero-order valence-electron chi connectivity index (χ0n) is 14.3. The van der Waals surface area contributed by atoms with Crippen LogP contribution < -0.4 is 10.3 Å². The molecule has 3 nitrogen and oxygen atoms in total. The predicted octanol–water partition coefficient (Wildman–Crippen LogP) is 4.63. The van der Waals surface area contributed by atoms with E-state index in [1.165, 1.54) is 0 Å². The van der Waals surface area contributed by atoms with Crippen LogP contribution >= 0.6 is 0 Å². The Morgan fingerprint density at radius 2 is 1.46 bits per heavy atom. The fraction of sp³-hybridized carbons (Fsp3) is 0.0870. The second kappa shape index (κ2) is 7.28. The molecule has 0 fully saturated rings. The molecule has 0 spiro atoms. The minimum absolute atomic E-state index is 0.0347. The van der Waals surface area contributed by atoms with Crippen molar-refractivity contribution in [1.82, 2.24) is 4.57 Å². The topological polar surface area (TPSA) is 31.2 Å². The monoisotopic (exact) mass is 341 g/mol. The fourth-order valence-corrected chi connectivity index (χ4v) is 2.98. The molecule has 3 heteroatoms. The number of nitrogens with zero attached hydrogens (tertiary/aromatic N) is 1. The molecule has 0 saturated carbocycles. The molecule has 1 aromatic heterocycles. The summed E-state index contributed by atoms with van der Waals surface area (Å²) < 4.78 is 7.55. The Hall–Kier alpha value is -3.33. The highest BCUT2D eigenvalue weighted by Crippen LogP contribution is 2.15. The van der Waals surface area contributed by atoms with Gasteiger partial charge in [-0.25, -0.2) is 0 Å². The molecule has 0 radical (unpaired) electrons. The summed E-state index contributed by atoms with van der Waals surface area (Å²) in [7, 11) is 0. The van der Waals surface area contributed by atoms with E-state index in [0.717, 1.165) is 27.6 Å². The van der Waals surface area contributed by atoms with E-state index in [1.54, 1.807) is 4.57 Å². The van der Waals surface area contributed by atoms with Crippen molar-refractivity contribution < 1.29 is 4.74 Å². The minimum atomic E-state index is 0.0347. The van der Waals surface area contributed by atoms with E-state index in [0.29, 0.717) is 13.2 Å². The van der Waals surface area contributed by atoms with Crippen molar-refractivity contribution in [3.8, 4) is 5.75 Å². The molecular weight excluding hydrogens is 322 g/mol. The Morgan fingerprint density at radius 3 is 2.27 bits per heavy atom. The summed E-state index contributed by atoms with van der Waals surface area (Å²) in [6, 6.07) is 27.6. The molecule has 128 valence electrons. The molecule has 0 saturated heterocycles. The minimum Gasteiger partial charge on any atom is -0.489 e. The molecule has 0 bridgehead atoms. The van der Waals surface area contributed by atoms with E-state index in [9.17, 15) is 4.79 Å². The molecule has 0 aliphatic rings. The van der Waals surface area contributed by atoms with E-state index in [1.807, 2.05) is 91.1 Å². The molecule has 3 aromatic carbocycles. The zero-order chi connectivity index (χ0) is 17.8. The molecule has 0 aliphatic carbocycles. The van der Waals surface area contributed by atoms with Crippen LogP contribution in [0.5, 0.6) is 5.75 Å². The maximum atomic E-state index is 12.6. The van der Waals surface area contributed by atoms with Crippen molar-refractivity contribution in [1.29, 1.82) is 0 Å². The number of rotatable bonds is 5. The highest BCUT2D eigenvalue weighted by Gasteiger charge is 2.03. The lowest BCUT2D eigenvalue weighted by Crippen LogP contribution is -2.19. The first kappa shape index (κ1) is 16.2. The molecular formula is C23H19NO2. The lowest BCUT2D eigenvalue weighted by Gasteiger charge is -2.09. The average molecular weight is 341 g/mol. The third kappa shape index (κ3) is 3.52. The molecule has 0 atom stereocenters. The van der Waals surface area contributed by atoms with Gasteiger partial charge in [0.15, 0.2) is 0 Å². The van der Waals surface area contributed by atoms with Gasteiger partial charge in [0, 0.05) is 11.6 Å². The maximum absolute atomic E-state index is 12.6. The molecule has 0 N–H and O–H groups in total. The predicted molar refractivity (Wildman–Crippen MR) is 105 cm³/mol. The van der Waals surface area contributed by atoms with Gasteiger partial charge < -0.3 is 9.30 Å². The van der Waals surface area contributed by atoms with Crippen molar-refractivity contribution in [2.75, 3.05) is 0 Å². The maximum Gasteiger partial charge on any atom is 0.258 e. The normalized spacial score (nSPS) is 10.8. The largest absolute Gasteiger partial charge is 0.489 e. The first-order valence-electron chi connectivity index (χ1n) is 8.63. The van der Waals surface area contributed by atoms with Gasteiger partial charge in [0.25, 0.3) is 5.56 Å². The first-order valence-corrected chi connectivity index (χ1v) is 8.63. The quantitative estimate of drug-likeness (QED) is 0.530. The lowest BCUT2D eigenvalue weighted by molar-refractivity contribution is 0.306.